The average molecular weight is 405 g/mol. The molecule has 0 saturated heterocycles. The summed E-state index contributed by atoms with van der Waals surface area (Å²) >= 11 is 3.37. The van der Waals surface area contributed by atoms with E-state index < -0.39 is 6.10 Å². The molecule has 0 saturated carbocycles. The van der Waals surface area contributed by atoms with Gasteiger partial charge < -0.3 is 9.84 Å². The fourth-order valence-corrected chi connectivity index (χ4v) is 2.63. The summed E-state index contributed by atoms with van der Waals surface area (Å²) in [6.45, 7) is 2.52. The number of hydrogen-bond acceptors (Lipinski definition) is 4. The fourth-order valence-electron chi connectivity index (χ4n) is 2.21. The van der Waals surface area contributed by atoms with Crippen LogP contribution in [-0.2, 0) is 4.79 Å². The summed E-state index contributed by atoms with van der Waals surface area (Å²) in [5.74, 6) is 0.523. The molecule has 2 N–H and O–H groups in total. The van der Waals surface area contributed by atoms with Crippen molar-refractivity contribution in [3.63, 3.8) is 0 Å². The molecule has 6 heteroatoms. The van der Waals surface area contributed by atoms with Crippen LogP contribution in [0.5, 0.6) is 5.75 Å². The highest BCUT2D eigenvalue weighted by Crippen LogP contribution is 2.21. The van der Waals surface area contributed by atoms with Crippen LogP contribution < -0.4 is 10.2 Å². The summed E-state index contributed by atoms with van der Waals surface area (Å²) in [5.41, 5.74) is 4.10. The van der Waals surface area contributed by atoms with Gasteiger partial charge in [0.05, 0.1) is 18.9 Å². The van der Waals surface area contributed by atoms with E-state index in [9.17, 15) is 9.90 Å². The first-order valence-corrected chi connectivity index (χ1v) is 8.86. The van der Waals surface area contributed by atoms with Crippen LogP contribution in [0.3, 0.4) is 0 Å². The zero-order chi connectivity index (χ0) is 18.1. The lowest BCUT2D eigenvalue weighted by Gasteiger charge is -2.11. The minimum atomic E-state index is -0.699. The molecule has 0 unspecified atom stereocenters. The average Bonchev–Trinajstić information content (AvgIpc) is 2.61. The monoisotopic (exact) mass is 404 g/mol. The summed E-state index contributed by atoms with van der Waals surface area (Å²) in [5, 5.41) is 14.1. The number of hydrogen-bond donors (Lipinski definition) is 2. The Morgan fingerprint density at radius 1 is 1.32 bits per heavy atom. The van der Waals surface area contributed by atoms with Crippen molar-refractivity contribution in [3.8, 4) is 5.75 Å². The van der Waals surface area contributed by atoms with E-state index in [1.165, 1.54) is 0 Å². The van der Waals surface area contributed by atoms with Crippen molar-refractivity contribution >= 4 is 28.1 Å². The molecule has 0 spiro atoms. The first kappa shape index (κ1) is 19.1. The molecule has 0 heterocycles. The van der Waals surface area contributed by atoms with Gasteiger partial charge in [-0.1, -0.05) is 40.2 Å². The molecule has 0 aromatic heterocycles. The second-order valence-electron chi connectivity index (χ2n) is 5.40. The normalized spacial score (nSPS) is 12.1. The number of ether oxygens (including phenoxy) is 1. The zero-order valence-corrected chi connectivity index (χ0v) is 15.6. The maximum atomic E-state index is 11.8. The number of nitrogens with one attached hydrogen (secondary N) is 1. The highest BCUT2D eigenvalue weighted by molar-refractivity contribution is 9.10. The predicted molar refractivity (Wildman–Crippen MR) is 102 cm³/mol. The number of aliphatic hydroxyl groups excluding tert-OH is 1. The van der Waals surface area contributed by atoms with Crippen molar-refractivity contribution in [2.75, 3.05) is 6.61 Å². The minimum Gasteiger partial charge on any atom is -0.494 e. The Labute approximate surface area is 155 Å². The Hall–Kier alpha value is -2.18. The van der Waals surface area contributed by atoms with E-state index in [2.05, 4.69) is 26.5 Å². The van der Waals surface area contributed by atoms with Crippen molar-refractivity contribution < 1.29 is 14.6 Å². The van der Waals surface area contributed by atoms with Crippen LogP contribution in [0.4, 0.5) is 0 Å². The molecule has 0 aliphatic carbocycles. The fraction of sp³-hybridized carbons (Fsp3) is 0.263. The Morgan fingerprint density at radius 2 is 2.08 bits per heavy atom. The molecule has 0 fully saturated rings. The van der Waals surface area contributed by atoms with E-state index in [-0.39, 0.29) is 12.3 Å². The molecule has 5 nitrogen and oxygen atoms in total. The van der Waals surface area contributed by atoms with Crippen LogP contribution >= 0.6 is 15.9 Å². The molecule has 1 amide bonds. The van der Waals surface area contributed by atoms with Gasteiger partial charge in [0.15, 0.2) is 0 Å². The van der Waals surface area contributed by atoms with Crippen LogP contribution in [-0.4, -0.2) is 23.8 Å². The molecule has 25 heavy (non-hydrogen) atoms. The third kappa shape index (κ3) is 6.68. The maximum absolute atomic E-state index is 11.8. The molecule has 132 valence electrons. The van der Waals surface area contributed by atoms with Crippen molar-refractivity contribution in [3.05, 3.63) is 64.1 Å². The van der Waals surface area contributed by atoms with Crippen LogP contribution in [0, 0.1) is 0 Å². The third-order valence-electron chi connectivity index (χ3n) is 3.47. The molecule has 2 aromatic rings. The molecule has 0 aliphatic rings. The number of carbonyl (C=O) groups is 1. The van der Waals surface area contributed by atoms with E-state index >= 15 is 0 Å². The van der Waals surface area contributed by atoms with E-state index in [1.54, 1.807) is 18.3 Å². The number of hydrazone groups is 1. The van der Waals surface area contributed by atoms with E-state index in [0.717, 1.165) is 21.3 Å². The van der Waals surface area contributed by atoms with Crippen molar-refractivity contribution in [1.82, 2.24) is 5.43 Å². The molecule has 0 bridgehead atoms. The van der Waals surface area contributed by atoms with Gasteiger partial charge in [-0.3, -0.25) is 4.79 Å². The molecule has 1 atom stereocenters. The number of amides is 1. The Kier molecular flexibility index (Phi) is 7.63. The molecule has 2 rings (SSSR count). The van der Waals surface area contributed by atoms with Gasteiger partial charge >= 0.3 is 0 Å². The first-order valence-electron chi connectivity index (χ1n) is 8.06. The molecular formula is C19H21BrN2O3. The van der Waals surface area contributed by atoms with Gasteiger partial charge in [-0.2, -0.15) is 5.10 Å². The smallest absolute Gasteiger partial charge is 0.240 e. The minimum absolute atomic E-state index is 0.185. The zero-order valence-electron chi connectivity index (χ0n) is 14.0. The summed E-state index contributed by atoms with van der Waals surface area (Å²) < 4.78 is 6.31. The third-order valence-corrected chi connectivity index (χ3v) is 3.97. The van der Waals surface area contributed by atoms with Crippen LogP contribution in [0.25, 0.3) is 0 Å². The van der Waals surface area contributed by atoms with Gasteiger partial charge in [-0.25, -0.2) is 5.43 Å². The maximum Gasteiger partial charge on any atom is 0.240 e. The van der Waals surface area contributed by atoms with E-state index in [1.807, 2.05) is 43.3 Å². The van der Waals surface area contributed by atoms with Crippen LogP contribution in [0.15, 0.2) is 58.1 Å². The number of carbonyl (C=O) groups excluding carboxylic acids is 1. The molecule has 0 aliphatic heterocycles. The Morgan fingerprint density at radius 3 is 2.76 bits per heavy atom. The Balaban J connectivity index is 1.77. The lowest BCUT2D eigenvalue weighted by atomic mass is 10.0. The lowest BCUT2D eigenvalue weighted by Crippen LogP contribution is -2.18. The van der Waals surface area contributed by atoms with Crippen molar-refractivity contribution in [1.29, 1.82) is 0 Å². The van der Waals surface area contributed by atoms with Gasteiger partial charge in [0, 0.05) is 10.9 Å². The lowest BCUT2D eigenvalue weighted by molar-refractivity contribution is -0.121. The second-order valence-corrected chi connectivity index (χ2v) is 6.32. The standard InChI is InChI=1S/C19H21BrN2O3/c1-2-25-17-8-6-15(7-9-17)18(23)10-11-19(24)22-21-13-14-4-3-5-16(20)12-14/h3-9,12-13,18,23H,2,10-11H2,1H3,(H,22,24)/t18-/m0/s1. The van der Waals surface area contributed by atoms with Gasteiger partial charge in [-0.15, -0.1) is 0 Å². The SMILES string of the molecule is CCOc1ccc([C@@H](O)CCC(=O)NN=Cc2cccc(Br)c2)cc1. The number of nitrogens with zero attached hydrogens (tertiary/aromatic N) is 1. The first-order chi connectivity index (χ1) is 12.1. The van der Waals surface area contributed by atoms with E-state index in [4.69, 9.17) is 4.74 Å². The predicted octanol–water partition coefficient (Wildman–Crippen LogP) is 3.81. The van der Waals surface area contributed by atoms with Gasteiger partial charge in [0.2, 0.25) is 5.91 Å². The van der Waals surface area contributed by atoms with Crippen molar-refractivity contribution in [2.24, 2.45) is 5.10 Å². The summed E-state index contributed by atoms with van der Waals surface area (Å²) in [7, 11) is 0. The highest BCUT2D eigenvalue weighted by Gasteiger charge is 2.10. The van der Waals surface area contributed by atoms with Crippen LogP contribution in [0.2, 0.25) is 0 Å². The Bertz CT molecular complexity index is 717. The highest BCUT2D eigenvalue weighted by atomic mass is 79.9. The quantitative estimate of drug-likeness (QED) is 0.518. The second kappa shape index (κ2) is 9.96. The van der Waals surface area contributed by atoms with Crippen molar-refractivity contribution in [2.45, 2.75) is 25.9 Å². The molecule has 0 radical (unpaired) electrons. The molecule has 2 aromatic carbocycles. The topological polar surface area (TPSA) is 70.9 Å². The van der Waals surface area contributed by atoms with Gasteiger partial charge in [0.1, 0.15) is 5.75 Å². The van der Waals surface area contributed by atoms with Gasteiger partial charge in [0.25, 0.3) is 0 Å². The number of aliphatic hydroxyl groups is 1. The largest absolute Gasteiger partial charge is 0.494 e. The number of rotatable bonds is 8. The summed E-state index contributed by atoms with van der Waals surface area (Å²) in [6, 6.07) is 14.8. The van der Waals surface area contributed by atoms with Crippen LogP contribution in [0.1, 0.15) is 37.0 Å². The summed E-state index contributed by atoms with van der Waals surface area (Å²) in [4.78, 5) is 11.8. The van der Waals surface area contributed by atoms with Gasteiger partial charge in [-0.05, 0) is 48.7 Å². The number of halogens is 1. The van der Waals surface area contributed by atoms with E-state index in [0.29, 0.717) is 13.0 Å². The molecular weight excluding hydrogens is 384 g/mol. The summed E-state index contributed by atoms with van der Waals surface area (Å²) in [6.07, 6.45) is 1.39. The number of benzene rings is 2.